The van der Waals surface area contributed by atoms with Gasteiger partial charge in [-0.3, -0.25) is 0 Å². The maximum atomic E-state index is 11.7. The predicted octanol–water partition coefficient (Wildman–Crippen LogP) is 1.52. The molecular formula is C13H22N2O3S. The number of hydrogen-bond donors (Lipinski definition) is 1. The third kappa shape index (κ3) is 3.46. The van der Waals surface area contributed by atoms with E-state index in [9.17, 15) is 8.42 Å². The maximum absolute atomic E-state index is 11.7. The van der Waals surface area contributed by atoms with E-state index in [4.69, 9.17) is 4.74 Å². The van der Waals surface area contributed by atoms with Gasteiger partial charge in [0.1, 0.15) is 5.75 Å². The average molecular weight is 286 g/mol. The molecule has 0 heterocycles. The van der Waals surface area contributed by atoms with Gasteiger partial charge in [0.25, 0.3) is 10.2 Å². The molecule has 0 saturated carbocycles. The molecule has 19 heavy (non-hydrogen) atoms. The molecule has 0 spiro atoms. The summed E-state index contributed by atoms with van der Waals surface area (Å²) in [5.41, 5.74) is 4.05. The molecular weight excluding hydrogens is 264 g/mol. The number of nitrogens with zero attached hydrogens (tertiary/aromatic N) is 1. The molecule has 0 bridgehead atoms. The molecule has 0 aliphatic heterocycles. The van der Waals surface area contributed by atoms with Gasteiger partial charge in [0.05, 0.1) is 7.11 Å². The van der Waals surface area contributed by atoms with E-state index in [2.05, 4.69) is 4.72 Å². The number of nitrogens with one attached hydrogen (secondary N) is 1. The normalized spacial score (nSPS) is 11.9. The van der Waals surface area contributed by atoms with Gasteiger partial charge in [-0.1, -0.05) is 6.07 Å². The summed E-state index contributed by atoms with van der Waals surface area (Å²) in [6, 6.07) is 1.96. The summed E-state index contributed by atoms with van der Waals surface area (Å²) in [6.07, 6.45) is 0. The van der Waals surface area contributed by atoms with Crippen LogP contribution in [0.15, 0.2) is 6.07 Å². The average Bonchev–Trinajstić information content (AvgIpc) is 2.32. The Morgan fingerprint density at radius 1 is 1.21 bits per heavy atom. The van der Waals surface area contributed by atoms with Crippen molar-refractivity contribution in [1.29, 1.82) is 0 Å². The van der Waals surface area contributed by atoms with Crippen LogP contribution < -0.4 is 9.46 Å². The van der Waals surface area contributed by atoms with Crippen molar-refractivity contribution in [2.45, 2.75) is 27.3 Å². The van der Waals surface area contributed by atoms with Crippen molar-refractivity contribution in [3.8, 4) is 5.75 Å². The van der Waals surface area contributed by atoms with Gasteiger partial charge < -0.3 is 4.74 Å². The second-order valence-corrected chi connectivity index (χ2v) is 6.71. The highest BCUT2D eigenvalue weighted by Crippen LogP contribution is 2.28. The number of aryl methyl sites for hydroxylation is 1. The minimum atomic E-state index is -3.40. The Morgan fingerprint density at radius 3 is 2.26 bits per heavy atom. The molecule has 1 N–H and O–H groups in total. The number of benzene rings is 1. The van der Waals surface area contributed by atoms with Gasteiger partial charge >= 0.3 is 0 Å². The molecule has 0 atom stereocenters. The Hall–Kier alpha value is -1.11. The smallest absolute Gasteiger partial charge is 0.279 e. The van der Waals surface area contributed by atoms with E-state index in [1.165, 1.54) is 14.1 Å². The monoisotopic (exact) mass is 286 g/mol. The van der Waals surface area contributed by atoms with Crippen LogP contribution in [0.4, 0.5) is 0 Å². The van der Waals surface area contributed by atoms with Crippen molar-refractivity contribution in [3.05, 3.63) is 28.3 Å². The van der Waals surface area contributed by atoms with Crippen molar-refractivity contribution >= 4 is 10.2 Å². The summed E-state index contributed by atoms with van der Waals surface area (Å²) in [5.74, 6) is 0.858. The van der Waals surface area contributed by atoms with E-state index in [1.807, 2.05) is 26.8 Å². The first-order valence-electron chi connectivity index (χ1n) is 6.01. The molecule has 5 nitrogen and oxygen atoms in total. The first kappa shape index (κ1) is 15.9. The molecule has 0 radical (unpaired) electrons. The van der Waals surface area contributed by atoms with E-state index < -0.39 is 10.2 Å². The lowest BCUT2D eigenvalue weighted by atomic mass is 9.99. The lowest BCUT2D eigenvalue weighted by Crippen LogP contribution is -2.35. The predicted molar refractivity (Wildman–Crippen MR) is 76.7 cm³/mol. The first-order valence-corrected chi connectivity index (χ1v) is 7.45. The van der Waals surface area contributed by atoms with Crippen LogP contribution in [0, 0.1) is 20.8 Å². The van der Waals surface area contributed by atoms with Crippen LogP contribution in [0.5, 0.6) is 5.75 Å². The van der Waals surface area contributed by atoms with E-state index in [0.29, 0.717) is 0 Å². The largest absolute Gasteiger partial charge is 0.496 e. The fourth-order valence-corrected chi connectivity index (χ4v) is 2.53. The van der Waals surface area contributed by atoms with Gasteiger partial charge in [0.2, 0.25) is 0 Å². The molecule has 0 amide bonds. The molecule has 108 valence electrons. The quantitative estimate of drug-likeness (QED) is 0.892. The summed E-state index contributed by atoms with van der Waals surface area (Å²) in [5, 5.41) is 0. The van der Waals surface area contributed by atoms with E-state index in [1.54, 1.807) is 7.11 Å². The summed E-state index contributed by atoms with van der Waals surface area (Å²) in [6.45, 7) is 6.18. The molecule has 1 aromatic carbocycles. The van der Waals surface area contributed by atoms with E-state index in [-0.39, 0.29) is 6.54 Å². The zero-order chi connectivity index (χ0) is 14.8. The third-order valence-electron chi connectivity index (χ3n) is 3.26. The lowest BCUT2D eigenvalue weighted by Gasteiger charge is -2.17. The first-order chi connectivity index (χ1) is 8.70. The molecule has 0 aromatic heterocycles. The molecule has 1 aromatic rings. The Bertz CT molecular complexity index is 566. The fourth-order valence-electron chi connectivity index (χ4n) is 1.94. The van der Waals surface area contributed by atoms with Crippen LogP contribution >= 0.6 is 0 Å². The highest BCUT2D eigenvalue weighted by Gasteiger charge is 2.15. The topological polar surface area (TPSA) is 58.6 Å². The van der Waals surface area contributed by atoms with Crippen LogP contribution in [0.1, 0.15) is 22.3 Å². The molecule has 6 heteroatoms. The maximum Gasteiger partial charge on any atom is 0.279 e. The van der Waals surface area contributed by atoms with Gasteiger partial charge in [0, 0.05) is 20.6 Å². The molecule has 0 unspecified atom stereocenters. The number of ether oxygens (including phenoxy) is 1. The molecule has 0 aliphatic carbocycles. The van der Waals surface area contributed by atoms with E-state index >= 15 is 0 Å². The van der Waals surface area contributed by atoms with Crippen LogP contribution in [-0.2, 0) is 16.8 Å². The van der Waals surface area contributed by atoms with Gasteiger partial charge in [-0.15, -0.1) is 0 Å². The van der Waals surface area contributed by atoms with Crippen LogP contribution in [0.3, 0.4) is 0 Å². The van der Waals surface area contributed by atoms with Crippen LogP contribution in [0.25, 0.3) is 0 Å². The Morgan fingerprint density at radius 2 is 1.79 bits per heavy atom. The minimum Gasteiger partial charge on any atom is -0.496 e. The Kier molecular flexibility index (Phi) is 4.95. The van der Waals surface area contributed by atoms with Crippen molar-refractivity contribution in [1.82, 2.24) is 9.03 Å². The van der Waals surface area contributed by atoms with Gasteiger partial charge in [-0.25, -0.2) is 0 Å². The third-order valence-corrected chi connectivity index (χ3v) is 4.73. The van der Waals surface area contributed by atoms with E-state index in [0.717, 1.165) is 32.3 Å². The van der Waals surface area contributed by atoms with Gasteiger partial charge in [0.15, 0.2) is 0 Å². The molecule has 0 fully saturated rings. The highest BCUT2D eigenvalue weighted by molar-refractivity contribution is 7.87. The highest BCUT2D eigenvalue weighted by atomic mass is 32.2. The standard InChI is InChI=1S/C13H22N2O3S/c1-9-7-12(8-14-19(16,17)15(4)5)10(2)11(3)13(9)18-6/h7,14H,8H2,1-6H3. The zero-order valence-electron chi connectivity index (χ0n) is 12.4. The SMILES string of the molecule is COc1c(C)cc(CNS(=O)(=O)N(C)C)c(C)c1C. The summed E-state index contributed by atoms with van der Waals surface area (Å²) in [7, 11) is 1.24. The van der Waals surface area contributed by atoms with Crippen molar-refractivity contribution in [2.24, 2.45) is 0 Å². The van der Waals surface area contributed by atoms with Crippen LogP contribution in [-0.4, -0.2) is 33.9 Å². The zero-order valence-corrected chi connectivity index (χ0v) is 13.2. The Labute approximate surface area is 115 Å². The second-order valence-electron chi connectivity index (χ2n) is 4.74. The number of rotatable bonds is 5. The van der Waals surface area contributed by atoms with Gasteiger partial charge in [-0.05, 0) is 43.0 Å². The fraction of sp³-hybridized carbons (Fsp3) is 0.538. The lowest BCUT2D eigenvalue weighted by molar-refractivity contribution is 0.408. The molecule has 0 aliphatic rings. The molecule has 0 saturated heterocycles. The second kappa shape index (κ2) is 5.90. The summed E-state index contributed by atoms with van der Waals surface area (Å²) in [4.78, 5) is 0. The van der Waals surface area contributed by atoms with Crippen molar-refractivity contribution in [3.63, 3.8) is 0 Å². The minimum absolute atomic E-state index is 0.276. The van der Waals surface area contributed by atoms with Gasteiger partial charge in [-0.2, -0.15) is 17.4 Å². The number of hydrogen-bond acceptors (Lipinski definition) is 3. The van der Waals surface area contributed by atoms with Crippen LogP contribution in [0.2, 0.25) is 0 Å². The summed E-state index contributed by atoms with van der Waals surface area (Å²) < 4.78 is 32.5. The summed E-state index contributed by atoms with van der Waals surface area (Å²) >= 11 is 0. The Balaban J connectivity index is 3.05. The van der Waals surface area contributed by atoms with Crippen molar-refractivity contribution < 1.29 is 13.2 Å². The number of methoxy groups -OCH3 is 1. The van der Waals surface area contributed by atoms with Crippen molar-refractivity contribution in [2.75, 3.05) is 21.2 Å². The molecule has 1 rings (SSSR count).